The van der Waals surface area contributed by atoms with Crippen molar-refractivity contribution in [1.82, 2.24) is 0 Å². The lowest BCUT2D eigenvalue weighted by Gasteiger charge is -2.16. The number of ether oxygens (including phenoxy) is 2. The molecule has 0 bridgehead atoms. The highest BCUT2D eigenvalue weighted by Crippen LogP contribution is 2.07. The van der Waals surface area contributed by atoms with E-state index in [1.807, 2.05) is 0 Å². The van der Waals surface area contributed by atoms with Crippen LogP contribution in [0.25, 0.3) is 0 Å². The first-order valence-corrected chi connectivity index (χ1v) is 5.38. The Kier molecular flexibility index (Phi) is 8.46. The van der Waals surface area contributed by atoms with Gasteiger partial charge in [0.05, 0.1) is 12.2 Å². The van der Waals surface area contributed by atoms with Crippen LogP contribution in [-0.4, -0.2) is 25.9 Å². The Labute approximate surface area is 82.6 Å². The van der Waals surface area contributed by atoms with E-state index in [1.165, 1.54) is 6.42 Å². The Morgan fingerprint density at radius 3 is 2.31 bits per heavy atom. The van der Waals surface area contributed by atoms with Gasteiger partial charge in [-0.05, 0) is 26.2 Å². The molecule has 0 amide bonds. The molecule has 0 aromatic carbocycles. The van der Waals surface area contributed by atoms with Crippen LogP contribution in [0.2, 0.25) is 0 Å². The SMILES string of the molecule is CCC[C@@H](CCO[C@H](C)CC)OC. The molecule has 0 saturated carbocycles. The van der Waals surface area contributed by atoms with Crippen molar-refractivity contribution >= 4 is 0 Å². The van der Waals surface area contributed by atoms with Crippen LogP contribution in [-0.2, 0) is 9.47 Å². The minimum atomic E-state index is 0.383. The van der Waals surface area contributed by atoms with E-state index in [1.54, 1.807) is 7.11 Å². The van der Waals surface area contributed by atoms with Gasteiger partial charge in [0.25, 0.3) is 0 Å². The molecule has 2 atom stereocenters. The van der Waals surface area contributed by atoms with Gasteiger partial charge in [-0.2, -0.15) is 0 Å². The van der Waals surface area contributed by atoms with Gasteiger partial charge in [0.2, 0.25) is 0 Å². The predicted molar refractivity (Wildman–Crippen MR) is 56.0 cm³/mol. The maximum absolute atomic E-state index is 5.59. The second-order valence-corrected chi connectivity index (χ2v) is 3.52. The molecule has 0 heterocycles. The Hall–Kier alpha value is -0.0800. The van der Waals surface area contributed by atoms with Crippen molar-refractivity contribution in [3.63, 3.8) is 0 Å². The highest BCUT2D eigenvalue weighted by molar-refractivity contribution is 4.56. The fourth-order valence-corrected chi connectivity index (χ4v) is 1.22. The summed E-state index contributed by atoms with van der Waals surface area (Å²) < 4.78 is 10.9. The van der Waals surface area contributed by atoms with E-state index in [9.17, 15) is 0 Å². The molecule has 2 nitrogen and oxygen atoms in total. The first-order chi connectivity index (χ1) is 6.24. The van der Waals surface area contributed by atoms with Crippen molar-refractivity contribution in [2.75, 3.05) is 13.7 Å². The van der Waals surface area contributed by atoms with Gasteiger partial charge in [-0.3, -0.25) is 0 Å². The van der Waals surface area contributed by atoms with Gasteiger partial charge in [-0.1, -0.05) is 20.3 Å². The topological polar surface area (TPSA) is 18.5 Å². The van der Waals surface area contributed by atoms with Gasteiger partial charge in [-0.25, -0.2) is 0 Å². The molecule has 0 aliphatic heterocycles. The van der Waals surface area contributed by atoms with Crippen molar-refractivity contribution in [3.05, 3.63) is 0 Å². The summed E-state index contributed by atoms with van der Waals surface area (Å²) >= 11 is 0. The molecule has 0 saturated heterocycles. The molecule has 0 rings (SSSR count). The highest BCUT2D eigenvalue weighted by Gasteiger charge is 2.06. The minimum Gasteiger partial charge on any atom is -0.381 e. The maximum Gasteiger partial charge on any atom is 0.0593 e. The van der Waals surface area contributed by atoms with Crippen molar-refractivity contribution < 1.29 is 9.47 Å². The number of hydrogen-bond acceptors (Lipinski definition) is 2. The van der Waals surface area contributed by atoms with Crippen molar-refractivity contribution in [2.24, 2.45) is 0 Å². The fourth-order valence-electron chi connectivity index (χ4n) is 1.22. The molecule has 2 heteroatoms. The molecule has 0 aliphatic carbocycles. The van der Waals surface area contributed by atoms with Crippen LogP contribution in [0.5, 0.6) is 0 Å². The van der Waals surface area contributed by atoms with Gasteiger partial charge < -0.3 is 9.47 Å². The van der Waals surface area contributed by atoms with Gasteiger partial charge in [-0.15, -0.1) is 0 Å². The average Bonchev–Trinajstić information content (AvgIpc) is 2.16. The summed E-state index contributed by atoms with van der Waals surface area (Å²) in [6.07, 6.45) is 5.20. The van der Waals surface area contributed by atoms with Crippen LogP contribution in [0, 0.1) is 0 Å². The summed E-state index contributed by atoms with van der Waals surface area (Å²) in [4.78, 5) is 0. The second-order valence-electron chi connectivity index (χ2n) is 3.52. The molecule has 0 aromatic rings. The summed E-state index contributed by atoms with van der Waals surface area (Å²) in [6, 6.07) is 0. The first kappa shape index (κ1) is 12.9. The van der Waals surface area contributed by atoms with E-state index in [4.69, 9.17) is 9.47 Å². The summed E-state index contributed by atoms with van der Waals surface area (Å²) in [5.41, 5.74) is 0. The largest absolute Gasteiger partial charge is 0.381 e. The molecule has 0 aromatic heterocycles. The zero-order chi connectivity index (χ0) is 10.1. The molecular weight excluding hydrogens is 164 g/mol. The number of hydrogen-bond donors (Lipinski definition) is 0. The maximum atomic E-state index is 5.59. The summed E-state index contributed by atoms with van der Waals surface area (Å²) in [5.74, 6) is 0. The van der Waals surface area contributed by atoms with Gasteiger partial charge >= 0.3 is 0 Å². The Bertz CT molecular complexity index is 104. The Morgan fingerprint density at radius 1 is 1.15 bits per heavy atom. The van der Waals surface area contributed by atoms with Crippen molar-refractivity contribution in [2.45, 2.75) is 58.7 Å². The zero-order valence-corrected chi connectivity index (χ0v) is 9.51. The minimum absolute atomic E-state index is 0.383. The zero-order valence-electron chi connectivity index (χ0n) is 9.51. The van der Waals surface area contributed by atoms with E-state index >= 15 is 0 Å². The molecule has 0 N–H and O–H groups in total. The van der Waals surface area contributed by atoms with Crippen LogP contribution in [0.3, 0.4) is 0 Å². The smallest absolute Gasteiger partial charge is 0.0593 e. The van der Waals surface area contributed by atoms with Crippen LogP contribution in [0.15, 0.2) is 0 Å². The summed E-state index contributed by atoms with van der Waals surface area (Å²) in [7, 11) is 1.78. The molecule has 80 valence electrons. The second kappa shape index (κ2) is 8.52. The van der Waals surface area contributed by atoms with Gasteiger partial charge in [0, 0.05) is 13.7 Å². The lowest BCUT2D eigenvalue weighted by atomic mass is 10.1. The molecule has 13 heavy (non-hydrogen) atoms. The normalized spacial score (nSPS) is 15.7. The first-order valence-electron chi connectivity index (χ1n) is 5.38. The lowest BCUT2D eigenvalue weighted by molar-refractivity contribution is 0.0184. The molecule has 0 radical (unpaired) electrons. The highest BCUT2D eigenvalue weighted by atomic mass is 16.5. The predicted octanol–water partition coefficient (Wildman–Crippen LogP) is 3.01. The Morgan fingerprint density at radius 2 is 1.85 bits per heavy atom. The monoisotopic (exact) mass is 188 g/mol. The Balaban J connectivity index is 3.37. The van der Waals surface area contributed by atoms with E-state index < -0.39 is 0 Å². The average molecular weight is 188 g/mol. The third kappa shape index (κ3) is 7.03. The third-order valence-electron chi connectivity index (χ3n) is 2.36. The summed E-state index contributed by atoms with van der Waals surface area (Å²) in [6.45, 7) is 7.27. The molecule has 0 unspecified atom stereocenters. The molecule has 0 fully saturated rings. The van der Waals surface area contributed by atoms with E-state index in [2.05, 4.69) is 20.8 Å². The quantitative estimate of drug-likeness (QED) is 0.583. The van der Waals surface area contributed by atoms with Crippen LogP contribution < -0.4 is 0 Å². The van der Waals surface area contributed by atoms with E-state index in [-0.39, 0.29) is 0 Å². The molecule has 0 aliphatic rings. The van der Waals surface area contributed by atoms with E-state index in [0.717, 1.165) is 25.9 Å². The van der Waals surface area contributed by atoms with Crippen molar-refractivity contribution in [3.8, 4) is 0 Å². The molecule has 0 spiro atoms. The van der Waals surface area contributed by atoms with Crippen molar-refractivity contribution in [1.29, 1.82) is 0 Å². The number of rotatable bonds is 8. The lowest BCUT2D eigenvalue weighted by Crippen LogP contribution is -2.16. The summed E-state index contributed by atoms with van der Waals surface area (Å²) in [5, 5.41) is 0. The van der Waals surface area contributed by atoms with Gasteiger partial charge in [0.15, 0.2) is 0 Å². The van der Waals surface area contributed by atoms with Gasteiger partial charge in [0.1, 0.15) is 0 Å². The fraction of sp³-hybridized carbons (Fsp3) is 1.00. The molecular formula is C11H24O2. The van der Waals surface area contributed by atoms with E-state index in [0.29, 0.717) is 12.2 Å². The van der Waals surface area contributed by atoms with Crippen LogP contribution in [0.1, 0.15) is 46.5 Å². The standard InChI is InChI=1S/C11H24O2/c1-5-7-11(12-4)8-9-13-10(3)6-2/h10-11H,5-9H2,1-4H3/t10-,11+/m1/s1. The van der Waals surface area contributed by atoms with Crippen LogP contribution >= 0.6 is 0 Å². The third-order valence-corrected chi connectivity index (χ3v) is 2.36. The number of methoxy groups -OCH3 is 1. The van der Waals surface area contributed by atoms with Crippen LogP contribution in [0.4, 0.5) is 0 Å².